The van der Waals surface area contributed by atoms with Crippen molar-refractivity contribution in [2.45, 2.75) is 24.8 Å². The second kappa shape index (κ2) is 8.27. The fraction of sp³-hybridized carbons (Fsp3) is 0.350. The summed E-state index contributed by atoms with van der Waals surface area (Å²) in [4.78, 5) is 12.2. The molecule has 0 bridgehead atoms. The van der Waals surface area contributed by atoms with E-state index in [1.807, 2.05) is 0 Å². The maximum Gasteiger partial charge on any atom is 0.315 e. The molecule has 0 unspecified atom stereocenters. The van der Waals surface area contributed by atoms with Gasteiger partial charge in [-0.2, -0.15) is 0 Å². The van der Waals surface area contributed by atoms with E-state index in [-0.39, 0.29) is 23.1 Å². The number of hydrogen-bond donors (Lipinski definition) is 2. The van der Waals surface area contributed by atoms with E-state index < -0.39 is 0 Å². The van der Waals surface area contributed by atoms with Crippen molar-refractivity contribution in [1.82, 2.24) is 10.6 Å². The topological polar surface area (TPSA) is 50.4 Å². The number of nitrogens with one attached hydrogen (secondary N) is 2. The molecule has 3 rings (SSSR count). The lowest BCUT2D eigenvalue weighted by atomic mass is 9.74. The van der Waals surface area contributed by atoms with Crippen LogP contribution in [-0.2, 0) is 16.7 Å². The van der Waals surface area contributed by atoms with Crippen LogP contribution in [0.15, 0.2) is 48.5 Å². The van der Waals surface area contributed by atoms with Gasteiger partial charge in [-0.3, -0.25) is 0 Å². The van der Waals surface area contributed by atoms with Crippen molar-refractivity contribution in [1.29, 1.82) is 0 Å². The molecule has 2 amide bonds. The Hall–Kier alpha value is -2.47. The SMILES string of the molecule is O=C(NCc1ccc(F)cc1)NCC1(c2ccc(F)cc2)CCOCC1. The van der Waals surface area contributed by atoms with E-state index in [0.717, 1.165) is 24.0 Å². The van der Waals surface area contributed by atoms with Crippen LogP contribution in [0.4, 0.5) is 13.6 Å². The molecule has 0 saturated carbocycles. The van der Waals surface area contributed by atoms with Gasteiger partial charge >= 0.3 is 6.03 Å². The molecule has 1 heterocycles. The Bertz CT molecular complexity index is 726. The molecule has 6 heteroatoms. The van der Waals surface area contributed by atoms with Crippen molar-refractivity contribution in [3.63, 3.8) is 0 Å². The van der Waals surface area contributed by atoms with Crippen molar-refractivity contribution in [2.24, 2.45) is 0 Å². The highest BCUT2D eigenvalue weighted by atomic mass is 19.1. The van der Waals surface area contributed by atoms with Gasteiger partial charge in [0.25, 0.3) is 0 Å². The predicted octanol–water partition coefficient (Wildman–Crippen LogP) is 3.51. The Balaban J connectivity index is 1.59. The van der Waals surface area contributed by atoms with Gasteiger partial charge in [0.2, 0.25) is 0 Å². The summed E-state index contributed by atoms with van der Waals surface area (Å²) in [7, 11) is 0. The summed E-state index contributed by atoms with van der Waals surface area (Å²) < 4.78 is 31.6. The van der Waals surface area contributed by atoms with Gasteiger partial charge in [-0.1, -0.05) is 24.3 Å². The summed E-state index contributed by atoms with van der Waals surface area (Å²) >= 11 is 0. The van der Waals surface area contributed by atoms with E-state index in [0.29, 0.717) is 26.3 Å². The normalized spacial score (nSPS) is 16.1. The number of carbonyl (C=O) groups excluding carboxylic acids is 1. The predicted molar refractivity (Wildman–Crippen MR) is 94.8 cm³/mol. The molecule has 0 atom stereocenters. The first-order valence-electron chi connectivity index (χ1n) is 8.67. The molecule has 138 valence electrons. The van der Waals surface area contributed by atoms with Crippen molar-refractivity contribution < 1.29 is 18.3 Å². The van der Waals surface area contributed by atoms with Crippen LogP contribution < -0.4 is 10.6 Å². The van der Waals surface area contributed by atoms with Crippen LogP contribution in [0.3, 0.4) is 0 Å². The standard InChI is InChI=1S/C20H22F2N2O2/c21-17-5-1-15(2-6-17)13-23-19(25)24-14-20(9-11-26-12-10-20)16-3-7-18(22)8-4-16/h1-8H,9-14H2,(H2,23,24,25). The molecule has 26 heavy (non-hydrogen) atoms. The van der Waals surface area contributed by atoms with Crippen LogP contribution in [0.2, 0.25) is 0 Å². The van der Waals surface area contributed by atoms with Gasteiger partial charge in [-0.05, 0) is 48.2 Å². The van der Waals surface area contributed by atoms with Gasteiger partial charge in [0.05, 0.1) is 0 Å². The number of benzene rings is 2. The molecular formula is C20H22F2N2O2. The fourth-order valence-corrected chi connectivity index (χ4v) is 3.23. The molecule has 1 saturated heterocycles. The third-order valence-electron chi connectivity index (χ3n) is 4.86. The minimum Gasteiger partial charge on any atom is -0.381 e. The van der Waals surface area contributed by atoms with Crippen molar-refractivity contribution in [3.05, 3.63) is 71.3 Å². The van der Waals surface area contributed by atoms with E-state index in [4.69, 9.17) is 4.74 Å². The fourth-order valence-electron chi connectivity index (χ4n) is 3.23. The average molecular weight is 360 g/mol. The quantitative estimate of drug-likeness (QED) is 0.857. The van der Waals surface area contributed by atoms with Crippen LogP contribution in [0.5, 0.6) is 0 Å². The van der Waals surface area contributed by atoms with Crippen LogP contribution >= 0.6 is 0 Å². The summed E-state index contributed by atoms with van der Waals surface area (Å²) in [6.07, 6.45) is 1.52. The summed E-state index contributed by atoms with van der Waals surface area (Å²) in [6, 6.07) is 12.1. The largest absolute Gasteiger partial charge is 0.381 e. The Kier molecular flexibility index (Phi) is 5.83. The first kappa shape index (κ1) is 18.3. The van der Waals surface area contributed by atoms with E-state index in [9.17, 15) is 13.6 Å². The number of urea groups is 1. The third kappa shape index (κ3) is 4.58. The van der Waals surface area contributed by atoms with Crippen LogP contribution in [0.1, 0.15) is 24.0 Å². The van der Waals surface area contributed by atoms with Gasteiger partial charge in [0.15, 0.2) is 0 Å². The third-order valence-corrected chi connectivity index (χ3v) is 4.86. The van der Waals surface area contributed by atoms with Crippen LogP contribution in [0.25, 0.3) is 0 Å². The molecule has 0 radical (unpaired) electrons. The lowest BCUT2D eigenvalue weighted by molar-refractivity contribution is 0.0506. The van der Waals surface area contributed by atoms with E-state index in [2.05, 4.69) is 10.6 Å². The van der Waals surface area contributed by atoms with Crippen LogP contribution in [0, 0.1) is 11.6 Å². The summed E-state index contributed by atoms with van der Waals surface area (Å²) in [6.45, 7) is 1.97. The first-order valence-corrected chi connectivity index (χ1v) is 8.67. The van der Waals surface area contributed by atoms with Crippen LogP contribution in [-0.4, -0.2) is 25.8 Å². The van der Waals surface area contributed by atoms with Gasteiger partial charge in [0.1, 0.15) is 11.6 Å². The highest BCUT2D eigenvalue weighted by Crippen LogP contribution is 2.34. The van der Waals surface area contributed by atoms with Gasteiger partial charge < -0.3 is 15.4 Å². The maximum atomic E-state index is 13.3. The molecule has 1 aliphatic heterocycles. The zero-order chi connectivity index (χ0) is 18.4. The second-order valence-electron chi connectivity index (χ2n) is 6.56. The number of hydrogen-bond acceptors (Lipinski definition) is 2. The van der Waals surface area contributed by atoms with Crippen molar-refractivity contribution in [3.8, 4) is 0 Å². The zero-order valence-corrected chi connectivity index (χ0v) is 14.4. The van der Waals surface area contributed by atoms with Crippen molar-refractivity contribution >= 4 is 6.03 Å². The molecule has 0 spiro atoms. The van der Waals surface area contributed by atoms with Crippen molar-refractivity contribution in [2.75, 3.05) is 19.8 Å². The smallest absolute Gasteiger partial charge is 0.315 e. The molecule has 0 aromatic heterocycles. The Morgan fingerprint density at radius 1 is 0.923 bits per heavy atom. The Labute approximate surface area is 151 Å². The maximum absolute atomic E-state index is 13.3. The lowest BCUT2D eigenvalue weighted by Gasteiger charge is -2.38. The second-order valence-corrected chi connectivity index (χ2v) is 6.56. The molecule has 4 nitrogen and oxygen atoms in total. The van der Waals surface area contributed by atoms with E-state index in [1.54, 1.807) is 24.3 Å². The number of carbonyl (C=O) groups is 1. The molecule has 2 aromatic carbocycles. The highest BCUT2D eigenvalue weighted by molar-refractivity contribution is 5.74. The number of halogens is 2. The minimum atomic E-state index is -0.307. The Morgan fingerprint density at radius 2 is 1.50 bits per heavy atom. The number of rotatable bonds is 5. The van der Waals surface area contributed by atoms with Gasteiger partial charge in [0, 0.05) is 31.7 Å². The number of ether oxygens (including phenoxy) is 1. The number of amides is 2. The zero-order valence-electron chi connectivity index (χ0n) is 14.4. The molecule has 2 aromatic rings. The van der Waals surface area contributed by atoms with Gasteiger partial charge in [-0.15, -0.1) is 0 Å². The lowest BCUT2D eigenvalue weighted by Crippen LogP contribution is -2.47. The average Bonchev–Trinajstić information content (AvgIpc) is 2.67. The summed E-state index contributed by atoms with van der Waals surface area (Å²) in [5.74, 6) is -0.583. The molecular weight excluding hydrogens is 338 g/mol. The van der Waals surface area contributed by atoms with Gasteiger partial charge in [-0.25, -0.2) is 13.6 Å². The summed E-state index contributed by atoms with van der Waals surface area (Å²) in [5.41, 5.74) is 1.56. The molecule has 1 fully saturated rings. The molecule has 0 aliphatic carbocycles. The summed E-state index contributed by atoms with van der Waals surface area (Å²) in [5, 5.41) is 5.69. The highest BCUT2D eigenvalue weighted by Gasteiger charge is 2.34. The monoisotopic (exact) mass is 360 g/mol. The van der Waals surface area contributed by atoms with E-state index in [1.165, 1.54) is 24.3 Å². The van der Waals surface area contributed by atoms with E-state index >= 15 is 0 Å². The minimum absolute atomic E-state index is 0.265. The Morgan fingerprint density at radius 3 is 2.12 bits per heavy atom. The first-order chi connectivity index (χ1) is 12.6. The molecule has 2 N–H and O–H groups in total. The molecule has 1 aliphatic rings.